The van der Waals surface area contributed by atoms with Crippen LogP contribution in [0.5, 0.6) is 11.5 Å². The van der Waals surface area contributed by atoms with E-state index in [1.54, 1.807) is 30.3 Å². The van der Waals surface area contributed by atoms with Crippen molar-refractivity contribution in [2.75, 3.05) is 0 Å². The lowest BCUT2D eigenvalue weighted by atomic mass is 9.86. The van der Waals surface area contributed by atoms with Crippen molar-refractivity contribution < 1.29 is 13.5 Å². The molecular weight excluding hydrogens is 306 g/mol. The fourth-order valence-electron chi connectivity index (χ4n) is 3.72. The molecule has 2 aromatic carbocycles. The van der Waals surface area contributed by atoms with Crippen LogP contribution in [0.1, 0.15) is 56.9 Å². The third-order valence-electron chi connectivity index (χ3n) is 5.07. The molecule has 0 radical (unpaired) electrons. The lowest BCUT2D eigenvalue weighted by Gasteiger charge is -2.21. The van der Waals surface area contributed by atoms with E-state index in [0.717, 1.165) is 12.8 Å². The third-order valence-corrected chi connectivity index (χ3v) is 5.07. The van der Waals surface area contributed by atoms with E-state index >= 15 is 0 Å². The Labute approximate surface area is 142 Å². The third kappa shape index (κ3) is 3.77. The van der Waals surface area contributed by atoms with E-state index < -0.39 is 11.6 Å². The number of hydrogen-bond donors (Lipinski definition) is 0. The Hall–Kier alpha value is -1.90. The van der Waals surface area contributed by atoms with Crippen molar-refractivity contribution in [3.63, 3.8) is 0 Å². The lowest BCUT2D eigenvalue weighted by Crippen LogP contribution is -2.08. The zero-order valence-corrected chi connectivity index (χ0v) is 14.1. The van der Waals surface area contributed by atoms with Crippen LogP contribution in [0.15, 0.2) is 42.5 Å². The molecule has 3 heteroatoms. The average Bonchev–Trinajstić information content (AvgIpc) is 3.11. The Kier molecular flexibility index (Phi) is 5.49. The maximum absolute atomic E-state index is 15.0. The molecule has 0 amide bonds. The van der Waals surface area contributed by atoms with Crippen LogP contribution in [0.25, 0.3) is 0 Å². The molecule has 24 heavy (non-hydrogen) atoms. The number of halogens is 2. The van der Waals surface area contributed by atoms with E-state index in [4.69, 9.17) is 4.74 Å². The standard InChI is InChI=1S/C21H24F2O/c1-2-16(14-15-8-6-7-9-15)18-12-13-19(22)21(20(18)23)24-17-10-4-3-5-11-17/h3-5,10-13,15-16H,2,6-9,14H2,1H3. The van der Waals surface area contributed by atoms with Crippen LogP contribution in [0.2, 0.25) is 0 Å². The summed E-state index contributed by atoms with van der Waals surface area (Å²) in [5.41, 5.74) is 0.580. The quantitative estimate of drug-likeness (QED) is 0.564. The topological polar surface area (TPSA) is 9.23 Å². The summed E-state index contributed by atoms with van der Waals surface area (Å²) in [5, 5.41) is 0. The van der Waals surface area contributed by atoms with E-state index in [1.807, 2.05) is 6.07 Å². The first kappa shape index (κ1) is 16.9. The molecule has 0 N–H and O–H groups in total. The van der Waals surface area contributed by atoms with Gasteiger partial charge in [-0.25, -0.2) is 8.78 Å². The van der Waals surface area contributed by atoms with Crippen LogP contribution < -0.4 is 4.74 Å². The molecule has 0 spiro atoms. The van der Waals surface area contributed by atoms with Crippen molar-refractivity contribution in [2.45, 2.75) is 51.4 Å². The van der Waals surface area contributed by atoms with Crippen molar-refractivity contribution in [1.82, 2.24) is 0 Å². The molecule has 3 rings (SSSR count). The number of hydrogen-bond acceptors (Lipinski definition) is 1. The van der Waals surface area contributed by atoms with Gasteiger partial charge in [0.2, 0.25) is 0 Å². The minimum absolute atomic E-state index is 0.117. The summed E-state index contributed by atoms with van der Waals surface area (Å²) >= 11 is 0. The van der Waals surface area contributed by atoms with E-state index in [-0.39, 0.29) is 11.7 Å². The minimum Gasteiger partial charge on any atom is -0.451 e. The first-order valence-corrected chi connectivity index (χ1v) is 8.89. The van der Waals surface area contributed by atoms with Gasteiger partial charge in [-0.2, -0.15) is 0 Å². The summed E-state index contributed by atoms with van der Waals surface area (Å²) < 4.78 is 34.6. The van der Waals surface area contributed by atoms with Gasteiger partial charge in [-0.05, 0) is 48.4 Å². The highest BCUT2D eigenvalue weighted by molar-refractivity contribution is 5.38. The van der Waals surface area contributed by atoms with Crippen LogP contribution in [-0.2, 0) is 0 Å². The molecule has 128 valence electrons. The second kappa shape index (κ2) is 7.78. The molecule has 1 fully saturated rings. The molecule has 1 atom stereocenters. The van der Waals surface area contributed by atoms with Gasteiger partial charge in [-0.1, -0.05) is 56.9 Å². The summed E-state index contributed by atoms with van der Waals surface area (Å²) in [6, 6.07) is 11.7. The van der Waals surface area contributed by atoms with Crippen molar-refractivity contribution in [1.29, 1.82) is 0 Å². The maximum Gasteiger partial charge on any atom is 0.198 e. The van der Waals surface area contributed by atoms with Gasteiger partial charge in [0.15, 0.2) is 17.4 Å². The summed E-state index contributed by atoms with van der Waals surface area (Å²) in [4.78, 5) is 0. The molecule has 1 aliphatic rings. The summed E-state index contributed by atoms with van der Waals surface area (Å²) in [7, 11) is 0. The van der Waals surface area contributed by atoms with Crippen LogP contribution in [-0.4, -0.2) is 0 Å². The predicted octanol–water partition coefficient (Wildman–Crippen LogP) is 6.83. The maximum atomic E-state index is 15.0. The summed E-state index contributed by atoms with van der Waals surface area (Å²) in [6.45, 7) is 2.07. The molecule has 0 saturated heterocycles. The largest absolute Gasteiger partial charge is 0.451 e. The lowest BCUT2D eigenvalue weighted by molar-refractivity contribution is 0.388. The first-order chi connectivity index (χ1) is 11.7. The number of benzene rings is 2. The Morgan fingerprint density at radius 2 is 1.75 bits per heavy atom. The minimum atomic E-state index is -0.657. The second-order valence-corrected chi connectivity index (χ2v) is 6.69. The van der Waals surface area contributed by atoms with Crippen molar-refractivity contribution in [3.05, 3.63) is 59.7 Å². The Morgan fingerprint density at radius 3 is 2.42 bits per heavy atom. The SMILES string of the molecule is CCC(CC1CCCC1)c1ccc(F)c(Oc2ccccc2)c1F. The van der Waals surface area contributed by atoms with Gasteiger partial charge in [0, 0.05) is 0 Å². The smallest absolute Gasteiger partial charge is 0.198 e. The zero-order valence-electron chi connectivity index (χ0n) is 14.1. The van der Waals surface area contributed by atoms with Crippen LogP contribution in [0.4, 0.5) is 8.78 Å². The summed E-state index contributed by atoms with van der Waals surface area (Å²) in [6.07, 6.45) is 6.83. The Balaban J connectivity index is 1.86. The molecule has 1 unspecified atom stereocenters. The number of para-hydroxylation sites is 1. The molecule has 0 aromatic heterocycles. The normalized spacial score (nSPS) is 16.3. The van der Waals surface area contributed by atoms with E-state index in [9.17, 15) is 8.78 Å². The molecule has 1 aliphatic carbocycles. The molecule has 1 saturated carbocycles. The van der Waals surface area contributed by atoms with Gasteiger partial charge in [-0.15, -0.1) is 0 Å². The zero-order chi connectivity index (χ0) is 16.9. The van der Waals surface area contributed by atoms with Crippen molar-refractivity contribution in [3.8, 4) is 11.5 Å². The highest BCUT2D eigenvalue weighted by atomic mass is 19.1. The highest BCUT2D eigenvalue weighted by Gasteiger charge is 2.25. The molecule has 0 bridgehead atoms. The predicted molar refractivity (Wildman–Crippen MR) is 92.5 cm³/mol. The average molecular weight is 330 g/mol. The fourth-order valence-corrected chi connectivity index (χ4v) is 3.72. The van der Waals surface area contributed by atoms with Gasteiger partial charge >= 0.3 is 0 Å². The molecule has 0 heterocycles. The molecule has 0 aliphatic heterocycles. The van der Waals surface area contributed by atoms with Gasteiger partial charge in [0.25, 0.3) is 0 Å². The van der Waals surface area contributed by atoms with Gasteiger partial charge in [0.05, 0.1) is 0 Å². The molecule has 2 aromatic rings. The Bertz CT molecular complexity index is 663. The van der Waals surface area contributed by atoms with Crippen molar-refractivity contribution in [2.24, 2.45) is 5.92 Å². The van der Waals surface area contributed by atoms with Crippen LogP contribution in [0, 0.1) is 17.6 Å². The van der Waals surface area contributed by atoms with E-state index in [1.165, 1.54) is 31.7 Å². The van der Waals surface area contributed by atoms with Gasteiger partial charge in [0.1, 0.15) is 5.75 Å². The van der Waals surface area contributed by atoms with Crippen LogP contribution >= 0.6 is 0 Å². The Morgan fingerprint density at radius 1 is 1.04 bits per heavy atom. The second-order valence-electron chi connectivity index (χ2n) is 6.69. The molecule has 1 nitrogen and oxygen atoms in total. The van der Waals surface area contributed by atoms with Gasteiger partial charge < -0.3 is 4.74 Å². The number of ether oxygens (including phenoxy) is 1. The highest BCUT2D eigenvalue weighted by Crippen LogP contribution is 2.39. The number of rotatable bonds is 6. The first-order valence-electron chi connectivity index (χ1n) is 8.89. The van der Waals surface area contributed by atoms with E-state index in [2.05, 4.69) is 6.92 Å². The van der Waals surface area contributed by atoms with Gasteiger partial charge in [-0.3, -0.25) is 0 Å². The van der Waals surface area contributed by atoms with E-state index in [0.29, 0.717) is 17.2 Å². The summed E-state index contributed by atoms with van der Waals surface area (Å²) in [5.74, 6) is -0.274. The molecular formula is C21H24F2O. The van der Waals surface area contributed by atoms with Crippen molar-refractivity contribution >= 4 is 0 Å². The van der Waals surface area contributed by atoms with Crippen LogP contribution in [0.3, 0.4) is 0 Å². The monoisotopic (exact) mass is 330 g/mol. The fraction of sp³-hybridized carbons (Fsp3) is 0.429.